The molecular formula is C11H13N3. The van der Waals surface area contributed by atoms with Crippen molar-refractivity contribution in [3.8, 4) is 11.8 Å². The molecule has 1 saturated carbocycles. The molecule has 0 unspecified atom stereocenters. The van der Waals surface area contributed by atoms with Crippen molar-refractivity contribution >= 4 is 0 Å². The Hall–Kier alpha value is -1.40. The number of hydrogen-bond donors (Lipinski definition) is 1. The Morgan fingerprint density at radius 1 is 1.43 bits per heavy atom. The highest BCUT2D eigenvalue weighted by Gasteiger charge is 2.20. The van der Waals surface area contributed by atoms with Gasteiger partial charge in [0.1, 0.15) is 12.0 Å². The van der Waals surface area contributed by atoms with E-state index in [4.69, 9.17) is 5.73 Å². The van der Waals surface area contributed by atoms with Gasteiger partial charge in [0.2, 0.25) is 0 Å². The molecule has 0 aliphatic heterocycles. The lowest BCUT2D eigenvalue weighted by molar-refractivity contribution is 0.410. The predicted molar refractivity (Wildman–Crippen MR) is 54.6 cm³/mol. The zero-order valence-electron chi connectivity index (χ0n) is 8.03. The van der Waals surface area contributed by atoms with E-state index >= 15 is 0 Å². The zero-order valence-corrected chi connectivity index (χ0v) is 8.03. The molecule has 0 bridgehead atoms. The van der Waals surface area contributed by atoms with Gasteiger partial charge in [0.25, 0.3) is 0 Å². The van der Waals surface area contributed by atoms with Crippen LogP contribution in [-0.4, -0.2) is 16.5 Å². The third-order valence-corrected chi connectivity index (χ3v) is 2.53. The van der Waals surface area contributed by atoms with Crippen LogP contribution in [0.25, 0.3) is 0 Å². The van der Waals surface area contributed by atoms with Gasteiger partial charge in [-0.05, 0) is 24.8 Å². The van der Waals surface area contributed by atoms with Crippen molar-refractivity contribution in [2.75, 3.05) is 6.54 Å². The lowest BCUT2D eigenvalue weighted by Gasteiger charge is -2.24. The number of rotatable bonds is 1. The monoisotopic (exact) mass is 187 g/mol. The molecule has 0 aromatic carbocycles. The second-order valence-electron chi connectivity index (χ2n) is 3.46. The van der Waals surface area contributed by atoms with E-state index in [2.05, 4.69) is 21.8 Å². The molecule has 1 aromatic heterocycles. The van der Waals surface area contributed by atoms with E-state index in [9.17, 15) is 0 Å². The van der Waals surface area contributed by atoms with Crippen molar-refractivity contribution in [2.24, 2.45) is 5.73 Å². The van der Waals surface area contributed by atoms with E-state index < -0.39 is 0 Å². The van der Waals surface area contributed by atoms with Crippen LogP contribution >= 0.6 is 0 Å². The summed E-state index contributed by atoms with van der Waals surface area (Å²) >= 11 is 0. The zero-order chi connectivity index (χ0) is 9.80. The summed E-state index contributed by atoms with van der Waals surface area (Å²) in [7, 11) is 0. The predicted octanol–water partition coefficient (Wildman–Crippen LogP) is 1.05. The molecule has 1 heterocycles. The summed E-state index contributed by atoms with van der Waals surface area (Å²) in [4.78, 5) is 8.34. The topological polar surface area (TPSA) is 51.8 Å². The molecule has 14 heavy (non-hydrogen) atoms. The van der Waals surface area contributed by atoms with Gasteiger partial charge in [-0.1, -0.05) is 12.3 Å². The number of aromatic nitrogens is 2. The van der Waals surface area contributed by atoms with Crippen LogP contribution in [0.15, 0.2) is 12.4 Å². The van der Waals surface area contributed by atoms with Gasteiger partial charge in [0.15, 0.2) is 0 Å². The van der Waals surface area contributed by atoms with Gasteiger partial charge in [-0.15, -0.1) is 0 Å². The van der Waals surface area contributed by atoms with Gasteiger partial charge in [-0.2, -0.15) is 0 Å². The molecular weight excluding hydrogens is 174 g/mol. The summed E-state index contributed by atoms with van der Waals surface area (Å²) in [5, 5.41) is 0. The van der Waals surface area contributed by atoms with Crippen molar-refractivity contribution in [2.45, 2.75) is 25.2 Å². The van der Waals surface area contributed by atoms with Gasteiger partial charge in [0.05, 0.1) is 6.54 Å². The standard InChI is InChI=1S/C11H13N3/c12-6-2-5-10-7-11(14-8-13-10)9-3-1-4-9/h7-9H,1,3-4,6,12H2. The summed E-state index contributed by atoms with van der Waals surface area (Å²) in [6, 6.07) is 1.98. The van der Waals surface area contributed by atoms with Crippen molar-refractivity contribution in [1.29, 1.82) is 0 Å². The largest absolute Gasteiger partial charge is 0.320 e. The smallest absolute Gasteiger partial charge is 0.117 e. The third-order valence-electron chi connectivity index (χ3n) is 2.53. The maximum absolute atomic E-state index is 5.29. The van der Waals surface area contributed by atoms with Gasteiger partial charge in [0, 0.05) is 11.6 Å². The van der Waals surface area contributed by atoms with Gasteiger partial charge in [-0.3, -0.25) is 0 Å². The Balaban J connectivity index is 2.17. The average molecular weight is 187 g/mol. The molecule has 0 amide bonds. The Morgan fingerprint density at radius 2 is 2.29 bits per heavy atom. The molecule has 1 fully saturated rings. The van der Waals surface area contributed by atoms with Crippen LogP contribution in [0.3, 0.4) is 0 Å². The summed E-state index contributed by atoms with van der Waals surface area (Å²) in [5.74, 6) is 6.35. The summed E-state index contributed by atoms with van der Waals surface area (Å²) in [6.45, 7) is 0.378. The molecule has 3 heteroatoms. The van der Waals surface area contributed by atoms with E-state index in [1.807, 2.05) is 6.07 Å². The second-order valence-corrected chi connectivity index (χ2v) is 3.46. The van der Waals surface area contributed by atoms with E-state index in [0.717, 1.165) is 11.4 Å². The van der Waals surface area contributed by atoms with Crippen LogP contribution in [-0.2, 0) is 0 Å². The molecule has 1 aliphatic carbocycles. The van der Waals surface area contributed by atoms with E-state index in [0.29, 0.717) is 12.5 Å². The fourth-order valence-electron chi connectivity index (χ4n) is 1.51. The molecule has 3 nitrogen and oxygen atoms in total. The summed E-state index contributed by atoms with van der Waals surface area (Å²) in [6.07, 6.45) is 5.41. The van der Waals surface area contributed by atoms with Crippen LogP contribution in [0.1, 0.15) is 36.6 Å². The normalized spacial score (nSPS) is 15.5. The van der Waals surface area contributed by atoms with Crippen molar-refractivity contribution in [1.82, 2.24) is 9.97 Å². The minimum atomic E-state index is 0.378. The minimum Gasteiger partial charge on any atom is -0.320 e. The fourth-order valence-corrected chi connectivity index (χ4v) is 1.51. The second kappa shape index (κ2) is 4.21. The first-order valence-corrected chi connectivity index (χ1v) is 4.91. The van der Waals surface area contributed by atoms with Gasteiger partial charge >= 0.3 is 0 Å². The molecule has 72 valence electrons. The number of nitrogens with zero attached hydrogens (tertiary/aromatic N) is 2. The van der Waals surface area contributed by atoms with Crippen LogP contribution in [0.2, 0.25) is 0 Å². The van der Waals surface area contributed by atoms with E-state index in [1.54, 1.807) is 6.33 Å². The Kier molecular flexibility index (Phi) is 2.76. The van der Waals surface area contributed by atoms with Crippen LogP contribution in [0.4, 0.5) is 0 Å². The maximum Gasteiger partial charge on any atom is 0.117 e. The Bertz CT molecular complexity index is 372. The highest BCUT2D eigenvalue weighted by molar-refractivity contribution is 5.29. The van der Waals surface area contributed by atoms with Crippen molar-refractivity contribution in [3.63, 3.8) is 0 Å². The number of hydrogen-bond acceptors (Lipinski definition) is 3. The van der Waals surface area contributed by atoms with Crippen LogP contribution in [0, 0.1) is 11.8 Å². The molecule has 0 radical (unpaired) electrons. The average Bonchev–Trinajstić information content (AvgIpc) is 2.13. The molecule has 1 aliphatic rings. The van der Waals surface area contributed by atoms with Gasteiger partial charge < -0.3 is 5.73 Å². The highest BCUT2D eigenvalue weighted by Crippen LogP contribution is 2.34. The van der Waals surface area contributed by atoms with Gasteiger partial charge in [-0.25, -0.2) is 9.97 Å². The Morgan fingerprint density at radius 3 is 2.93 bits per heavy atom. The highest BCUT2D eigenvalue weighted by atomic mass is 14.8. The molecule has 1 aromatic rings. The SMILES string of the molecule is NCC#Cc1cc(C2CCC2)ncn1. The van der Waals surface area contributed by atoms with E-state index in [-0.39, 0.29) is 0 Å². The fraction of sp³-hybridized carbons (Fsp3) is 0.455. The van der Waals surface area contributed by atoms with Crippen LogP contribution < -0.4 is 5.73 Å². The van der Waals surface area contributed by atoms with E-state index in [1.165, 1.54) is 19.3 Å². The third kappa shape index (κ3) is 1.91. The molecule has 0 saturated heterocycles. The molecule has 0 atom stereocenters. The first-order chi connectivity index (χ1) is 6.90. The molecule has 2 N–H and O–H groups in total. The number of nitrogens with two attached hydrogens (primary N) is 1. The molecule has 0 spiro atoms. The van der Waals surface area contributed by atoms with Crippen molar-refractivity contribution in [3.05, 3.63) is 23.8 Å². The summed E-state index contributed by atoms with van der Waals surface area (Å²) < 4.78 is 0. The first-order valence-electron chi connectivity index (χ1n) is 4.91. The Labute approximate surface area is 83.8 Å². The van der Waals surface area contributed by atoms with Crippen LogP contribution in [0.5, 0.6) is 0 Å². The lowest BCUT2D eigenvalue weighted by Crippen LogP contribution is -2.11. The van der Waals surface area contributed by atoms with Crippen molar-refractivity contribution < 1.29 is 0 Å². The quantitative estimate of drug-likeness (QED) is 0.669. The summed E-state index contributed by atoms with van der Waals surface area (Å²) in [5.41, 5.74) is 7.21. The minimum absolute atomic E-state index is 0.378. The maximum atomic E-state index is 5.29. The lowest BCUT2D eigenvalue weighted by atomic mass is 9.83. The molecule has 2 rings (SSSR count). The first kappa shape index (κ1) is 9.17.